The summed E-state index contributed by atoms with van der Waals surface area (Å²) in [5.41, 5.74) is 0.273. The van der Waals surface area contributed by atoms with E-state index >= 15 is 0 Å². The van der Waals surface area contributed by atoms with Crippen molar-refractivity contribution in [3.05, 3.63) is 0 Å². The molecule has 0 aliphatic carbocycles. The molecule has 66 valence electrons. The van der Waals surface area contributed by atoms with Crippen molar-refractivity contribution in [2.45, 2.75) is 25.3 Å². The summed E-state index contributed by atoms with van der Waals surface area (Å²) in [5, 5.41) is 15.3. The summed E-state index contributed by atoms with van der Waals surface area (Å²) in [5.74, 6) is 0. The van der Waals surface area contributed by atoms with Gasteiger partial charge in [0.25, 0.3) is 0 Å². The van der Waals surface area contributed by atoms with Crippen molar-refractivity contribution >= 4 is 0 Å². The minimum atomic E-state index is 0.273. The van der Waals surface area contributed by atoms with Crippen LogP contribution in [0.15, 0.2) is 0 Å². The van der Waals surface area contributed by atoms with Crippen LogP contribution in [0.25, 0.3) is 0 Å². The second-order valence-electron chi connectivity index (χ2n) is 3.49. The second kappa shape index (κ2) is 4.04. The van der Waals surface area contributed by atoms with Gasteiger partial charge in [-0.1, -0.05) is 0 Å². The molecule has 3 nitrogen and oxygen atoms in total. The topological polar surface area (TPSA) is 44.3 Å². The van der Waals surface area contributed by atoms with Crippen LogP contribution in [0.4, 0.5) is 0 Å². The van der Waals surface area contributed by atoms with Gasteiger partial charge in [0.2, 0.25) is 0 Å². The second-order valence-corrected chi connectivity index (χ2v) is 3.49. The van der Waals surface area contributed by atoms with Crippen molar-refractivity contribution in [1.82, 2.24) is 10.6 Å². The lowest BCUT2D eigenvalue weighted by atomic mass is 10.0. The highest BCUT2D eigenvalue weighted by Gasteiger charge is 2.26. The van der Waals surface area contributed by atoms with Crippen LogP contribution >= 0.6 is 0 Å². The SMILES string of the molecule is CC1(NCCCO)CCNC1. The zero-order chi connectivity index (χ0) is 8.16. The van der Waals surface area contributed by atoms with Crippen LogP contribution in [-0.4, -0.2) is 36.9 Å². The van der Waals surface area contributed by atoms with Gasteiger partial charge in [-0.2, -0.15) is 0 Å². The Labute approximate surface area is 68.2 Å². The van der Waals surface area contributed by atoms with Crippen molar-refractivity contribution in [3.63, 3.8) is 0 Å². The van der Waals surface area contributed by atoms with E-state index < -0.39 is 0 Å². The fourth-order valence-corrected chi connectivity index (χ4v) is 1.44. The molecular formula is C8H18N2O. The summed E-state index contributed by atoms with van der Waals surface area (Å²) in [6.07, 6.45) is 2.05. The summed E-state index contributed by atoms with van der Waals surface area (Å²) in [6.45, 7) is 5.61. The van der Waals surface area contributed by atoms with Crippen LogP contribution in [0.2, 0.25) is 0 Å². The smallest absolute Gasteiger partial charge is 0.0443 e. The normalized spacial score (nSPS) is 31.1. The molecule has 0 saturated carbocycles. The quantitative estimate of drug-likeness (QED) is 0.493. The molecule has 1 rings (SSSR count). The Morgan fingerprint density at radius 1 is 1.64 bits per heavy atom. The third-order valence-corrected chi connectivity index (χ3v) is 2.26. The lowest BCUT2D eigenvalue weighted by Gasteiger charge is -2.24. The molecule has 0 bridgehead atoms. The van der Waals surface area contributed by atoms with E-state index in [2.05, 4.69) is 17.6 Å². The van der Waals surface area contributed by atoms with Crippen LogP contribution in [0.5, 0.6) is 0 Å². The van der Waals surface area contributed by atoms with Crippen LogP contribution < -0.4 is 10.6 Å². The average Bonchev–Trinajstić information content (AvgIpc) is 2.38. The lowest BCUT2D eigenvalue weighted by Crippen LogP contribution is -2.44. The fraction of sp³-hybridized carbons (Fsp3) is 1.00. The van der Waals surface area contributed by atoms with Crippen molar-refractivity contribution in [2.75, 3.05) is 26.2 Å². The van der Waals surface area contributed by atoms with E-state index in [-0.39, 0.29) is 12.1 Å². The van der Waals surface area contributed by atoms with E-state index in [9.17, 15) is 0 Å². The Morgan fingerprint density at radius 2 is 2.45 bits per heavy atom. The maximum Gasteiger partial charge on any atom is 0.0443 e. The van der Waals surface area contributed by atoms with Crippen molar-refractivity contribution in [2.24, 2.45) is 0 Å². The molecule has 0 radical (unpaired) electrons. The number of aliphatic hydroxyl groups excluding tert-OH is 1. The molecule has 1 atom stereocenters. The van der Waals surface area contributed by atoms with Gasteiger partial charge in [-0.15, -0.1) is 0 Å². The lowest BCUT2D eigenvalue weighted by molar-refractivity contribution is 0.275. The van der Waals surface area contributed by atoms with Gasteiger partial charge >= 0.3 is 0 Å². The van der Waals surface area contributed by atoms with E-state index in [1.165, 1.54) is 6.42 Å². The monoisotopic (exact) mass is 158 g/mol. The van der Waals surface area contributed by atoms with Crippen LogP contribution in [0, 0.1) is 0 Å². The molecule has 1 unspecified atom stereocenters. The van der Waals surface area contributed by atoms with E-state index in [1.807, 2.05) is 0 Å². The molecule has 3 heteroatoms. The highest BCUT2D eigenvalue weighted by Crippen LogP contribution is 2.12. The molecule has 0 spiro atoms. The van der Waals surface area contributed by atoms with Gasteiger partial charge < -0.3 is 15.7 Å². The maximum atomic E-state index is 8.57. The molecule has 1 fully saturated rings. The van der Waals surface area contributed by atoms with Gasteiger partial charge in [0.1, 0.15) is 0 Å². The summed E-state index contributed by atoms with van der Waals surface area (Å²) in [4.78, 5) is 0. The first kappa shape index (κ1) is 8.97. The van der Waals surface area contributed by atoms with Gasteiger partial charge in [0.05, 0.1) is 0 Å². The Balaban J connectivity index is 2.13. The molecule has 0 aromatic carbocycles. The third-order valence-electron chi connectivity index (χ3n) is 2.26. The Bertz CT molecular complexity index is 111. The van der Waals surface area contributed by atoms with Crippen LogP contribution in [0.3, 0.4) is 0 Å². The van der Waals surface area contributed by atoms with Crippen molar-refractivity contribution in [3.8, 4) is 0 Å². The molecule has 11 heavy (non-hydrogen) atoms. The van der Waals surface area contributed by atoms with E-state index in [4.69, 9.17) is 5.11 Å². The molecule has 0 amide bonds. The molecule has 3 N–H and O–H groups in total. The number of aliphatic hydroxyl groups is 1. The Morgan fingerprint density at radius 3 is 3.00 bits per heavy atom. The Kier molecular flexibility index (Phi) is 3.30. The largest absolute Gasteiger partial charge is 0.396 e. The molecule has 0 aromatic rings. The summed E-state index contributed by atoms with van der Waals surface area (Å²) in [6, 6.07) is 0. The van der Waals surface area contributed by atoms with Crippen molar-refractivity contribution < 1.29 is 5.11 Å². The standard InChI is InChI=1S/C8H18N2O/c1-8(3-5-9-7-8)10-4-2-6-11/h9-11H,2-7H2,1H3. The number of nitrogens with one attached hydrogen (secondary N) is 2. The minimum Gasteiger partial charge on any atom is -0.396 e. The number of rotatable bonds is 4. The minimum absolute atomic E-state index is 0.273. The van der Waals surface area contributed by atoms with Gasteiger partial charge in [0, 0.05) is 18.7 Å². The van der Waals surface area contributed by atoms with Crippen LogP contribution in [-0.2, 0) is 0 Å². The van der Waals surface area contributed by atoms with E-state index in [1.54, 1.807) is 0 Å². The number of hydrogen-bond acceptors (Lipinski definition) is 3. The first-order valence-electron chi connectivity index (χ1n) is 4.33. The Hall–Kier alpha value is -0.120. The summed E-state index contributed by atoms with van der Waals surface area (Å²) >= 11 is 0. The third kappa shape index (κ3) is 2.77. The zero-order valence-electron chi connectivity index (χ0n) is 7.19. The summed E-state index contributed by atoms with van der Waals surface area (Å²) in [7, 11) is 0. The van der Waals surface area contributed by atoms with E-state index in [0.29, 0.717) is 0 Å². The highest BCUT2D eigenvalue weighted by molar-refractivity contribution is 4.91. The van der Waals surface area contributed by atoms with Gasteiger partial charge in [-0.25, -0.2) is 0 Å². The molecule has 0 aromatic heterocycles. The van der Waals surface area contributed by atoms with Gasteiger partial charge in [0.15, 0.2) is 0 Å². The van der Waals surface area contributed by atoms with Gasteiger partial charge in [-0.05, 0) is 32.9 Å². The molecular weight excluding hydrogens is 140 g/mol. The zero-order valence-corrected chi connectivity index (χ0v) is 7.19. The highest BCUT2D eigenvalue weighted by atomic mass is 16.3. The van der Waals surface area contributed by atoms with Crippen LogP contribution in [0.1, 0.15) is 19.8 Å². The number of hydrogen-bond donors (Lipinski definition) is 3. The van der Waals surface area contributed by atoms with E-state index in [0.717, 1.165) is 26.1 Å². The first-order valence-corrected chi connectivity index (χ1v) is 4.33. The predicted octanol–water partition coefficient (Wildman–Crippen LogP) is -0.290. The molecule has 1 heterocycles. The van der Waals surface area contributed by atoms with Crippen molar-refractivity contribution in [1.29, 1.82) is 0 Å². The average molecular weight is 158 g/mol. The molecule has 1 saturated heterocycles. The summed E-state index contributed by atoms with van der Waals surface area (Å²) < 4.78 is 0. The first-order chi connectivity index (χ1) is 5.27. The predicted molar refractivity (Wildman–Crippen MR) is 45.6 cm³/mol. The van der Waals surface area contributed by atoms with Gasteiger partial charge in [-0.3, -0.25) is 0 Å². The molecule has 1 aliphatic heterocycles. The fourth-order valence-electron chi connectivity index (χ4n) is 1.44. The molecule has 1 aliphatic rings. The maximum absolute atomic E-state index is 8.57.